The Bertz CT molecular complexity index is 1070. The van der Waals surface area contributed by atoms with Crippen LogP contribution < -0.4 is 0 Å². The van der Waals surface area contributed by atoms with Crippen molar-refractivity contribution in [1.82, 2.24) is 9.97 Å². The van der Waals surface area contributed by atoms with Crippen LogP contribution in [0.25, 0.3) is 0 Å². The molecule has 0 saturated heterocycles. The third-order valence-corrected chi connectivity index (χ3v) is 17.8. The number of carbonyl (C=O) groups is 1. The second kappa shape index (κ2) is 15.8. The maximum Gasteiger partial charge on any atom is 0.192 e. The van der Waals surface area contributed by atoms with Gasteiger partial charge in [0.2, 0.25) is 0 Å². The van der Waals surface area contributed by atoms with Gasteiger partial charge in [0.25, 0.3) is 0 Å². The maximum atomic E-state index is 12.0. The largest absolute Gasteiger partial charge is 0.409 e. The predicted octanol–water partition coefficient (Wildman–Crippen LogP) is 9.24. The highest BCUT2D eigenvalue weighted by molar-refractivity contribution is 7.20. The number of nitrogens with zero attached hydrogens (tertiary/aromatic N) is 2. The van der Waals surface area contributed by atoms with Gasteiger partial charge in [-0.05, 0) is 35.3 Å². The average Bonchev–Trinajstić information content (AvgIpc) is 2.79. The summed E-state index contributed by atoms with van der Waals surface area (Å²) in [4.78, 5) is 19.6. The van der Waals surface area contributed by atoms with E-state index in [4.69, 9.17) is 72.1 Å². The highest BCUT2D eigenvalue weighted by Crippen LogP contribution is 2.38. The van der Waals surface area contributed by atoms with E-state index in [-0.39, 0.29) is 44.4 Å². The summed E-state index contributed by atoms with van der Waals surface area (Å²) in [5.41, 5.74) is 0.875. The van der Waals surface area contributed by atoms with E-state index in [2.05, 4.69) is 77.7 Å². The summed E-state index contributed by atoms with van der Waals surface area (Å²) in [6, 6.07) is 2.99. The quantitative estimate of drug-likeness (QED) is 0.137. The summed E-state index contributed by atoms with van der Waals surface area (Å²) < 4.78 is 5.87. The van der Waals surface area contributed by atoms with Crippen LogP contribution in [0, 0.1) is 0 Å². The lowest BCUT2D eigenvalue weighted by atomic mass is 10.2. The molecule has 222 valence electrons. The Labute approximate surface area is 260 Å². The zero-order valence-corrected chi connectivity index (χ0v) is 30.1. The molecule has 6 nitrogen and oxygen atoms in total. The van der Waals surface area contributed by atoms with Crippen molar-refractivity contribution in [3.8, 4) is 0 Å². The van der Waals surface area contributed by atoms with E-state index in [0.717, 1.165) is 0 Å². The van der Waals surface area contributed by atoms with Crippen LogP contribution in [0.4, 0.5) is 0 Å². The van der Waals surface area contributed by atoms with Crippen molar-refractivity contribution in [2.24, 2.45) is 0 Å². The summed E-state index contributed by atoms with van der Waals surface area (Å²) in [5, 5.41) is 19.1. The molecule has 0 spiro atoms. The first-order valence-corrected chi connectivity index (χ1v) is 20.6. The monoisotopic (exact) mass is 676 g/mol. The Kier molecular flexibility index (Phi) is 15.7. The molecule has 39 heavy (non-hydrogen) atoms. The van der Waals surface area contributed by atoms with Gasteiger partial charge in [0.15, 0.2) is 21.5 Å². The van der Waals surface area contributed by atoms with E-state index in [9.17, 15) is 4.79 Å². The molecule has 2 heterocycles. The molecule has 0 amide bonds. The predicted molar refractivity (Wildman–Crippen MR) is 171 cm³/mol. The number of Topliss-reactive ketones (excluding diaryl/α,β-unsaturated/α-hetero) is 1. The minimum absolute atomic E-state index is 0.0517. The molecule has 0 bridgehead atoms. The van der Waals surface area contributed by atoms with Gasteiger partial charge in [-0.3, -0.25) is 4.79 Å². The zero-order chi connectivity index (χ0) is 31.0. The van der Waals surface area contributed by atoms with Gasteiger partial charge in [0, 0.05) is 23.5 Å². The molecule has 1 atom stereocenters. The topological polar surface area (TPSA) is 92.5 Å². The second-order valence-corrected chi connectivity index (χ2v) is 25.6. The van der Waals surface area contributed by atoms with Crippen LogP contribution in [0.2, 0.25) is 56.6 Å². The van der Waals surface area contributed by atoms with Crippen LogP contribution >= 0.6 is 57.5 Å². The molecule has 0 saturated carbocycles. The number of rotatable bonds is 6. The molecule has 0 radical (unpaired) electrons. The third kappa shape index (κ3) is 13.5. The standard InChI is InChI=1S/C13H19Cl2NO2Si.C7H7Cl2NO2.C6H15ClSi/c1-13(2,3)19(4,5)18-8-11(17)9-6-10(14)12(15)16-7-9;8-5-1-4(6(12)3-11)2-10-7(5)9;1-6(2,3)8(4,5)7/h6-7H,8H2,1-5H3;1-2,6,11-12H,3H2;1-5H3/t;6-;/m.1./s1. The molecule has 0 aliphatic rings. The van der Waals surface area contributed by atoms with Crippen molar-refractivity contribution in [2.75, 3.05) is 13.2 Å². The van der Waals surface area contributed by atoms with Crippen LogP contribution in [0.3, 0.4) is 0 Å². The van der Waals surface area contributed by atoms with Crippen molar-refractivity contribution in [3.05, 3.63) is 56.0 Å². The highest BCUT2D eigenvalue weighted by atomic mass is 35.6. The van der Waals surface area contributed by atoms with Gasteiger partial charge in [-0.25, -0.2) is 9.97 Å². The maximum absolute atomic E-state index is 12.0. The summed E-state index contributed by atoms with van der Waals surface area (Å²) in [6.07, 6.45) is 1.84. The number of aliphatic hydroxyl groups excluding tert-OH is 2. The van der Waals surface area contributed by atoms with Gasteiger partial charge in [-0.15, -0.1) is 0 Å². The second-order valence-electron chi connectivity index (χ2n) is 11.9. The molecule has 2 N–H and O–H groups in total. The molecule has 0 aliphatic heterocycles. The van der Waals surface area contributed by atoms with Gasteiger partial charge in [-0.2, -0.15) is 11.1 Å². The number of ketones is 1. The lowest BCUT2D eigenvalue weighted by molar-refractivity contribution is 0.0910. The van der Waals surface area contributed by atoms with Crippen molar-refractivity contribution in [1.29, 1.82) is 0 Å². The minimum atomic E-state index is -1.93. The Morgan fingerprint density at radius 2 is 1.33 bits per heavy atom. The van der Waals surface area contributed by atoms with Gasteiger partial charge >= 0.3 is 0 Å². The van der Waals surface area contributed by atoms with E-state index < -0.39 is 21.8 Å². The smallest absolute Gasteiger partial charge is 0.192 e. The van der Waals surface area contributed by atoms with E-state index in [1.807, 2.05) is 0 Å². The first-order chi connectivity index (χ1) is 17.4. The zero-order valence-electron chi connectivity index (χ0n) is 24.3. The normalized spacial score (nSPS) is 13.1. The molecular weight excluding hydrogens is 638 g/mol. The number of carbonyl (C=O) groups excluding carboxylic acids is 1. The molecule has 13 heteroatoms. The van der Waals surface area contributed by atoms with Crippen LogP contribution in [-0.4, -0.2) is 54.9 Å². The molecule has 0 aromatic carbocycles. The Balaban J connectivity index is 0.000000616. The summed E-state index contributed by atoms with van der Waals surface area (Å²) in [5.74, 6) is -0.129. The van der Waals surface area contributed by atoms with Crippen molar-refractivity contribution in [2.45, 2.75) is 83.9 Å². The third-order valence-electron chi connectivity index (χ3n) is 6.65. The summed E-state index contributed by atoms with van der Waals surface area (Å²) in [7, 11) is -3.31. The lowest BCUT2D eigenvalue weighted by Gasteiger charge is -2.35. The van der Waals surface area contributed by atoms with Crippen molar-refractivity contribution >= 4 is 79.0 Å². The fraction of sp³-hybridized carbons (Fsp3) is 0.577. The molecule has 2 aromatic heterocycles. The van der Waals surface area contributed by atoms with E-state index in [1.165, 1.54) is 24.5 Å². The van der Waals surface area contributed by atoms with Crippen LogP contribution in [0.15, 0.2) is 24.5 Å². The molecule has 0 aliphatic carbocycles. The van der Waals surface area contributed by atoms with Crippen molar-refractivity contribution < 1.29 is 19.4 Å². The molecule has 0 fully saturated rings. The van der Waals surface area contributed by atoms with E-state index in [0.29, 0.717) is 16.2 Å². The first-order valence-electron chi connectivity index (χ1n) is 12.2. The fourth-order valence-corrected chi connectivity index (χ4v) is 3.32. The lowest BCUT2D eigenvalue weighted by Crippen LogP contribution is -2.42. The van der Waals surface area contributed by atoms with E-state index in [1.54, 1.807) is 0 Å². The SMILES string of the molecule is CC(C)(C)[Si](C)(C)Cl.CC(C)(C)[Si](C)(C)OCC(=O)c1cnc(Cl)c(Cl)c1.OC[C@@H](O)c1cnc(Cl)c(Cl)c1. The number of aromatic nitrogens is 2. The van der Waals surface area contributed by atoms with Gasteiger partial charge in [0.1, 0.15) is 16.4 Å². The van der Waals surface area contributed by atoms with Gasteiger partial charge in [-0.1, -0.05) is 101 Å². The first kappa shape index (κ1) is 38.7. The van der Waals surface area contributed by atoms with Crippen LogP contribution in [-0.2, 0) is 4.43 Å². The Hall–Kier alpha value is -0.266. The van der Waals surface area contributed by atoms with Crippen LogP contribution in [0.1, 0.15) is 63.6 Å². The molecule has 0 unspecified atom stereocenters. The number of pyridine rings is 2. The summed E-state index contributed by atoms with van der Waals surface area (Å²) >= 11 is 28.9. The van der Waals surface area contributed by atoms with Crippen molar-refractivity contribution in [3.63, 3.8) is 0 Å². The number of halogens is 5. The Morgan fingerprint density at radius 1 is 0.897 bits per heavy atom. The van der Waals surface area contributed by atoms with Gasteiger partial charge in [0.05, 0.1) is 23.3 Å². The summed E-state index contributed by atoms with van der Waals surface area (Å²) in [6.45, 7) is 21.2. The average molecular weight is 679 g/mol. The minimum Gasteiger partial charge on any atom is -0.409 e. The number of aliphatic hydroxyl groups is 2. The number of hydrogen-bond acceptors (Lipinski definition) is 6. The fourth-order valence-electron chi connectivity index (χ4n) is 1.84. The molecule has 2 rings (SSSR count). The van der Waals surface area contributed by atoms with Gasteiger partial charge < -0.3 is 14.6 Å². The molecular formula is C26H41Cl5N2O4Si2. The molecule has 2 aromatic rings. The Morgan fingerprint density at radius 3 is 1.69 bits per heavy atom. The van der Waals surface area contributed by atoms with Crippen LogP contribution in [0.5, 0.6) is 0 Å². The number of hydrogen-bond donors (Lipinski definition) is 2. The van der Waals surface area contributed by atoms with E-state index >= 15 is 0 Å². The highest BCUT2D eigenvalue weighted by Gasteiger charge is 2.37.